The Hall–Kier alpha value is -3.20. The van der Waals surface area contributed by atoms with Gasteiger partial charge in [-0.2, -0.15) is 0 Å². The summed E-state index contributed by atoms with van der Waals surface area (Å²) < 4.78 is 31.0. The predicted octanol–water partition coefficient (Wildman–Crippen LogP) is 7.96. The summed E-state index contributed by atoms with van der Waals surface area (Å²) in [5.41, 5.74) is 2.67. The smallest absolute Gasteiger partial charge is 0.419 e. The number of nitrogens with zero attached hydrogens (tertiary/aromatic N) is 2. The highest BCUT2D eigenvalue weighted by molar-refractivity contribution is 7.62. The van der Waals surface area contributed by atoms with E-state index in [2.05, 4.69) is 30.3 Å². The van der Waals surface area contributed by atoms with E-state index in [-0.39, 0.29) is 45.1 Å². The molecule has 2 atom stereocenters. The number of carbonyl (C=O) groups excluding carboxylic acids is 2. The van der Waals surface area contributed by atoms with E-state index in [1.807, 2.05) is 30.0 Å². The maximum absolute atomic E-state index is 14.3. The molecule has 0 aromatic heterocycles. The fraction of sp³-hybridized carbons (Fsp3) is 0.571. The molecule has 10 nitrogen and oxygen atoms in total. The number of hydrogen-bond donors (Lipinski definition) is 1. The van der Waals surface area contributed by atoms with Crippen molar-refractivity contribution in [2.45, 2.75) is 97.6 Å². The molecule has 2 unspecified atom stereocenters. The van der Waals surface area contributed by atoms with Crippen molar-refractivity contribution in [3.05, 3.63) is 59.7 Å². The Morgan fingerprint density at radius 2 is 1.52 bits per heavy atom. The van der Waals surface area contributed by atoms with Gasteiger partial charge in [-0.3, -0.25) is 14.3 Å². The highest BCUT2D eigenvalue weighted by Gasteiger charge is 2.58. The molecule has 0 bridgehead atoms. The topological polar surface area (TPSA) is 123 Å². The molecule has 2 aromatic carbocycles. The van der Waals surface area contributed by atoms with Crippen molar-refractivity contribution in [3.63, 3.8) is 0 Å². The molecule has 2 amide bonds. The van der Waals surface area contributed by atoms with E-state index >= 15 is 0 Å². The van der Waals surface area contributed by atoms with Gasteiger partial charge in [0.15, 0.2) is 5.16 Å². The Morgan fingerprint density at radius 3 is 2.07 bits per heavy atom. The second-order valence-corrected chi connectivity index (χ2v) is 16.9. The van der Waals surface area contributed by atoms with Gasteiger partial charge in [0.25, 0.3) is 0 Å². The third-order valence-corrected chi connectivity index (χ3v) is 11.1. The van der Waals surface area contributed by atoms with Crippen molar-refractivity contribution in [1.82, 2.24) is 9.80 Å². The van der Waals surface area contributed by atoms with E-state index in [4.69, 9.17) is 14.0 Å². The lowest BCUT2D eigenvalue weighted by atomic mass is 9.96. The maximum Gasteiger partial charge on any atom is 0.419 e. The van der Waals surface area contributed by atoms with Gasteiger partial charge >= 0.3 is 18.2 Å². The van der Waals surface area contributed by atoms with E-state index < -0.39 is 41.9 Å². The molecular formula is C35H51N2O8P. The van der Waals surface area contributed by atoms with Crippen molar-refractivity contribution in [2.24, 2.45) is 0 Å². The minimum absolute atomic E-state index is 0.0453. The van der Waals surface area contributed by atoms with Gasteiger partial charge in [-0.1, -0.05) is 54.1 Å². The minimum Gasteiger partial charge on any atom is -0.480 e. The number of imide groups is 1. The van der Waals surface area contributed by atoms with Gasteiger partial charge in [-0.15, -0.1) is 0 Å². The molecule has 254 valence electrons. The summed E-state index contributed by atoms with van der Waals surface area (Å²) in [6.07, 6.45) is -0.986. The van der Waals surface area contributed by atoms with Crippen molar-refractivity contribution in [3.8, 4) is 11.1 Å². The Labute approximate surface area is 273 Å². The molecule has 0 aliphatic carbocycles. The average Bonchev–Trinajstić information content (AvgIpc) is 2.93. The molecule has 46 heavy (non-hydrogen) atoms. The van der Waals surface area contributed by atoms with Crippen LogP contribution in [0.4, 0.5) is 9.59 Å². The fourth-order valence-corrected chi connectivity index (χ4v) is 8.61. The first-order valence-corrected chi connectivity index (χ1v) is 17.8. The Morgan fingerprint density at radius 1 is 0.935 bits per heavy atom. The third-order valence-electron chi connectivity index (χ3n) is 7.81. The SMILES string of the molecule is CCOP1(=O)CCN(Cc2ccccc2-c2ccc(C)cc2)CC1(CCCCN(C(=O)OC(C)(C)C)C(=O)OC(C)(C)C)C(=O)O. The maximum atomic E-state index is 14.3. The lowest BCUT2D eigenvalue weighted by Gasteiger charge is -2.45. The summed E-state index contributed by atoms with van der Waals surface area (Å²) in [7, 11) is -3.62. The molecule has 1 N–H and O–H groups in total. The van der Waals surface area contributed by atoms with Crippen molar-refractivity contribution < 1.29 is 38.1 Å². The lowest BCUT2D eigenvalue weighted by Crippen LogP contribution is -2.54. The second-order valence-electron chi connectivity index (χ2n) is 14.0. The first-order valence-electron chi connectivity index (χ1n) is 16.0. The number of carbonyl (C=O) groups is 3. The standard InChI is InChI=1S/C35H51N2O8P/c1-9-43-46(42)23-22-36(24-28-14-10-11-15-29(28)27-18-16-26(2)17-19-27)25-35(46,30(38)39)20-12-13-21-37(31(40)44-33(3,4)5)32(41)45-34(6,7)8/h10-11,14-19H,9,12-13,20-25H2,1-8H3,(H,38,39). The molecule has 1 fully saturated rings. The van der Waals surface area contributed by atoms with Gasteiger partial charge < -0.3 is 19.1 Å². The molecular weight excluding hydrogens is 607 g/mol. The number of hydrogen-bond acceptors (Lipinski definition) is 8. The normalized spacial score (nSPS) is 20.6. The van der Waals surface area contributed by atoms with Crippen LogP contribution in [0.2, 0.25) is 0 Å². The van der Waals surface area contributed by atoms with Crippen LogP contribution in [0, 0.1) is 6.92 Å². The van der Waals surface area contributed by atoms with Crippen molar-refractivity contribution >= 4 is 25.5 Å². The zero-order valence-corrected chi connectivity index (χ0v) is 29.5. The minimum atomic E-state index is -3.62. The summed E-state index contributed by atoms with van der Waals surface area (Å²) in [5, 5.41) is 9.05. The van der Waals surface area contributed by atoms with Gasteiger partial charge in [-0.05, 0) is 91.3 Å². The van der Waals surface area contributed by atoms with Crippen LogP contribution in [0.3, 0.4) is 0 Å². The Bertz CT molecular complexity index is 1380. The monoisotopic (exact) mass is 658 g/mol. The summed E-state index contributed by atoms with van der Waals surface area (Å²) in [5.74, 6) is -1.17. The fourth-order valence-electron chi connectivity index (χ4n) is 5.64. The molecule has 3 rings (SSSR count). The second kappa shape index (κ2) is 15.1. The van der Waals surface area contributed by atoms with E-state index in [1.54, 1.807) is 48.5 Å². The largest absolute Gasteiger partial charge is 0.480 e. The molecule has 2 aromatic rings. The van der Waals surface area contributed by atoms with E-state index in [0.29, 0.717) is 13.1 Å². The summed E-state index contributed by atoms with van der Waals surface area (Å²) in [6.45, 7) is 15.0. The molecule has 0 saturated carbocycles. The number of aliphatic carboxylic acids is 1. The van der Waals surface area contributed by atoms with Crippen LogP contribution < -0.4 is 0 Å². The number of ether oxygens (including phenoxy) is 2. The molecule has 1 heterocycles. The van der Waals surface area contributed by atoms with Crippen LogP contribution in [0.1, 0.15) is 78.9 Å². The highest BCUT2D eigenvalue weighted by atomic mass is 31.2. The van der Waals surface area contributed by atoms with Crippen molar-refractivity contribution in [1.29, 1.82) is 0 Å². The Kier molecular flexibility index (Phi) is 12.3. The highest BCUT2D eigenvalue weighted by Crippen LogP contribution is 2.63. The molecule has 0 spiro atoms. The number of rotatable bonds is 11. The zero-order valence-electron chi connectivity index (χ0n) is 28.6. The van der Waals surface area contributed by atoms with Gasteiger partial charge in [0, 0.05) is 32.3 Å². The number of aryl methyl sites for hydroxylation is 1. The quantitative estimate of drug-likeness (QED) is 0.189. The van der Waals surface area contributed by atoms with E-state index in [1.165, 1.54) is 0 Å². The summed E-state index contributed by atoms with van der Waals surface area (Å²) in [4.78, 5) is 41.9. The number of carboxylic acids is 1. The molecule has 1 aliphatic heterocycles. The van der Waals surface area contributed by atoms with Crippen LogP contribution in [-0.2, 0) is 29.9 Å². The number of unbranched alkanes of at least 4 members (excludes halogenated alkanes) is 1. The van der Waals surface area contributed by atoms with Gasteiger partial charge in [0.05, 0.1) is 6.61 Å². The summed E-state index contributed by atoms with van der Waals surface area (Å²) >= 11 is 0. The molecule has 0 radical (unpaired) electrons. The lowest BCUT2D eigenvalue weighted by molar-refractivity contribution is -0.141. The zero-order chi connectivity index (χ0) is 34.3. The van der Waals surface area contributed by atoms with Crippen LogP contribution >= 0.6 is 7.37 Å². The predicted molar refractivity (Wildman–Crippen MR) is 179 cm³/mol. The molecule has 11 heteroatoms. The third kappa shape index (κ3) is 9.66. The van der Waals surface area contributed by atoms with Crippen LogP contribution in [0.15, 0.2) is 48.5 Å². The van der Waals surface area contributed by atoms with E-state index in [9.17, 15) is 24.1 Å². The van der Waals surface area contributed by atoms with Gasteiger partial charge in [0.1, 0.15) is 11.2 Å². The summed E-state index contributed by atoms with van der Waals surface area (Å²) in [6, 6.07) is 16.3. The first kappa shape index (κ1) is 37.3. The van der Waals surface area contributed by atoms with Crippen LogP contribution in [-0.4, -0.2) is 81.8 Å². The van der Waals surface area contributed by atoms with Gasteiger partial charge in [0.2, 0.25) is 7.37 Å². The van der Waals surface area contributed by atoms with E-state index in [0.717, 1.165) is 27.2 Å². The molecule has 1 aliphatic rings. The average molecular weight is 659 g/mol. The molecule has 1 saturated heterocycles. The van der Waals surface area contributed by atoms with Crippen molar-refractivity contribution in [2.75, 3.05) is 32.4 Å². The number of benzene rings is 2. The number of carboxylic acid groups (broad SMARTS) is 1. The Balaban J connectivity index is 1.83. The van der Waals surface area contributed by atoms with Crippen LogP contribution in [0.5, 0.6) is 0 Å². The van der Waals surface area contributed by atoms with Gasteiger partial charge in [-0.25, -0.2) is 14.5 Å². The first-order chi connectivity index (χ1) is 21.4. The number of amides is 2. The van der Waals surface area contributed by atoms with Crippen LogP contribution in [0.25, 0.3) is 11.1 Å².